The second-order valence-corrected chi connectivity index (χ2v) is 7.67. The molecular formula is C27H20N2. The molecule has 0 saturated heterocycles. The summed E-state index contributed by atoms with van der Waals surface area (Å²) in [6, 6.07) is 25.9. The summed E-state index contributed by atoms with van der Waals surface area (Å²) >= 11 is 0. The summed E-state index contributed by atoms with van der Waals surface area (Å²) in [4.78, 5) is 0. The monoisotopic (exact) mass is 372 g/mol. The highest BCUT2D eigenvalue weighted by Gasteiger charge is 2.22. The molecular weight excluding hydrogens is 352 g/mol. The van der Waals surface area contributed by atoms with Crippen molar-refractivity contribution in [3.63, 3.8) is 0 Å². The highest BCUT2D eigenvalue weighted by atomic mass is 15.0. The molecule has 1 N–H and O–H groups in total. The van der Waals surface area contributed by atoms with Crippen LogP contribution >= 0.6 is 0 Å². The molecule has 0 saturated carbocycles. The molecule has 29 heavy (non-hydrogen) atoms. The Morgan fingerprint density at radius 3 is 2.28 bits per heavy atom. The van der Waals surface area contributed by atoms with Crippen molar-refractivity contribution in [2.45, 2.75) is 0 Å². The first-order valence-electron chi connectivity index (χ1n) is 9.88. The van der Waals surface area contributed by atoms with Crippen molar-refractivity contribution in [3.8, 4) is 0 Å². The minimum Gasteiger partial charge on any atom is -0.361 e. The number of anilines is 1. The smallest absolute Gasteiger partial charge is 0.0568 e. The van der Waals surface area contributed by atoms with Gasteiger partial charge in [0.05, 0.1) is 11.2 Å². The maximum Gasteiger partial charge on any atom is 0.0568 e. The molecule has 0 unspecified atom stereocenters. The fraction of sp³-hybridized carbons (Fsp3) is 0.0370. The highest BCUT2D eigenvalue weighted by molar-refractivity contribution is 6.13. The second-order valence-electron chi connectivity index (χ2n) is 7.67. The van der Waals surface area contributed by atoms with Crippen LogP contribution in [0.1, 0.15) is 16.8 Å². The predicted octanol–water partition coefficient (Wildman–Crippen LogP) is 6.94. The minimum atomic E-state index is 1.05. The van der Waals surface area contributed by atoms with Crippen LogP contribution < -0.4 is 5.32 Å². The third-order valence-corrected chi connectivity index (χ3v) is 6.12. The van der Waals surface area contributed by atoms with E-state index in [1.165, 1.54) is 49.3 Å². The number of nitrogens with one attached hydrogen (secondary N) is 1. The average molecular weight is 372 g/mol. The molecule has 2 heterocycles. The molecule has 1 aliphatic heterocycles. The van der Waals surface area contributed by atoms with Crippen LogP contribution in [-0.2, 0) is 7.05 Å². The third kappa shape index (κ3) is 2.17. The van der Waals surface area contributed by atoms with Gasteiger partial charge in [0.1, 0.15) is 0 Å². The fourth-order valence-electron chi connectivity index (χ4n) is 4.84. The molecule has 0 bridgehead atoms. The summed E-state index contributed by atoms with van der Waals surface area (Å²) in [6.07, 6.45) is 4.23. The van der Waals surface area contributed by atoms with Gasteiger partial charge in [0, 0.05) is 46.4 Å². The van der Waals surface area contributed by atoms with Gasteiger partial charge >= 0.3 is 0 Å². The Bertz CT molecular complexity index is 1500. The summed E-state index contributed by atoms with van der Waals surface area (Å²) < 4.78 is 2.32. The summed E-state index contributed by atoms with van der Waals surface area (Å²) in [5.74, 6) is 0. The molecule has 0 fully saturated rings. The van der Waals surface area contributed by atoms with Crippen molar-refractivity contribution in [2.75, 3.05) is 5.32 Å². The Kier molecular flexibility index (Phi) is 3.27. The van der Waals surface area contributed by atoms with Gasteiger partial charge in [-0.25, -0.2) is 0 Å². The number of aromatic nitrogens is 1. The number of hydrogen-bond acceptors (Lipinski definition) is 1. The van der Waals surface area contributed by atoms with Crippen LogP contribution in [0.5, 0.6) is 0 Å². The van der Waals surface area contributed by atoms with Crippen LogP contribution in [0.4, 0.5) is 5.69 Å². The number of benzene rings is 4. The lowest BCUT2D eigenvalue weighted by molar-refractivity contribution is 0.951. The fourth-order valence-corrected chi connectivity index (χ4v) is 4.84. The summed E-state index contributed by atoms with van der Waals surface area (Å²) in [5, 5.41) is 9.72. The molecule has 2 nitrogen and oxygen atoms in total. The van der Waals surface area contributed by atoms with E-state index in [0.717, 1.165) is 11.3 Å². The number of rotatable bonds is 0. The minimum absolute atomic E-state index is 1.05. The van der Waals surface area contributed by atoms with Gasteiger partial charge in [-0.15, -0.1) is 0 Å². The van der Waals surface area contributed by atoms with Crippen LogP contribution in [0.2, 0.25) is 0 Å². The topological polar surface area (TPSA) is 17.0 Å². The lowest BCUT2D eigenvalue weighted by Gasteiger charge is -2.19. The van der Waals surface area contributed by atoms with E-state index in [-0.39, 0.29) is 0 Å². The predicted molar refractivity (Wildman–Crippen MR) is 125 cm³/mol. The Balaban J connectivity index is 1.76. The normalized spacial score (nSPS) is 14.3. The molecule has 6 rings (SSSR count). The number of nitrogens with zero attached hydrogens (tertiary/aromatic N) is 1. The molecule has 138 valence electrons. The number of hydrogen-bond donors (Lipinski definition) is 1. The molecule has 5 aromatic rings. The van der Waals surface area contributed by atoms with E-state index in [0.29, 0.717) is 0 Å². The van der Waals surface area contributed by atoms with Crippen LogP contribution in [0.15, 0.2) is 85.6 Å². The lowest BCUT2D eigenvalue weighted by atomic mass is 9.92. The van der Waals surface area contributed by atoms with Crippen LogP contribution in [-0.4, -0.2) is 4.57 Å². The van der Waals surface area contributed by atoms with Crippen molar-refractivity contribution in [2.24, 2.45) is 7.05 Å². The van der Waals surface area contributed by atoms with E-state index >= 15 is 0 Å². The van der Waals surface area contributed by atoms with Gasteiger partial charge in [-0.3, -0.25) is 0 Å². The van der Waals surface area contributed by atoms with Gasteiger partial charge in [0.2, 0.25) is 0 Å². The van der Waals surface area contributed by atoms with Crippen molar-refractivity contribution in [1.29, 1.82) is 0 Å². The molecule has 0 radical (unpaired) electrons. The quantitative estimate of drug-likeness (QED) is 0.311. The Labute approximate surface area is 169 Å². The summed E-state index contributed by atoms with van der Waals surface area (Å²) in [6.45, 7) is 4.59. The van der Waals surface area contributed by atoms with Gasteiger partial charge in [0.15, 0.2) is 0 Å². The standard InChI is InChI=1S/C27H20N2/c1-17-25-20-9-5-3-7-18(20)12-14-24(25)28-16-15-23-22-13-11-19-8-4-6-10-21(19)27(22)29(2)26(17)23/h3-16,28H,1H2,2H3/b16-15-. The maximum absolute atomic E-state index is 4.59. The largest absolute Gasteiger partial charge is 0.361 e. The van der Waals surface area contributed by atoms with Crippen LogP contribution in [0.25, 0.3) is 44.1 Å². The van der Waals surface area contributed by atoms with Crippen LogP contribution in [0, 0.1) is 0 Å². The zero-order valence-electron chi connectivity index (χ0n) is 16.2. The molecule has 0 atom stereocenters. The Hall–Kier alpha value is -3.78. The van der Waals surface area contributed by atoms with Crippen molar-refractivity contribution in [3.05, 3.63) is 102 Å². The molecule has 0 spiro atoms. The van der Waals surface area contributed by atoms with Gasteiger partial charge in [-0.2, -0.15) is 0 Å². The zero-order valence-corrected chi connectivity index (χ0v) is 16.2. The van der Waals surface area contributed by atoms with E-state index in [9.17, 15) is 0 Å². The third-order valence-electron chi connectivity index (χ3n) is 6.12. The lowest BCUT2D eigenvalue weighted by Crippen LogP contribution is -2.04. The molecule has 1 aliphatic rings. The summed E-state index contributed by atoms with van der Waals surface area (Å²) in [5.41, 5.74) is 6.94. The van der Waals surface area contributed by atoms with Gasteiger partial charge in [-0.1, -0.05) is 73.3 Å². The SMILES string of the molecule is C=C1c2c(ccc3ccccc23)N/C=C\c2c1n(C)c1c2ccc2ccccc21. The van der Waals surface area contributed by atoms with E-state index in [2.05, 4.69) is 102 Å². The average Bonchev–Trinajstić information content (AvgIpc) is 3.03. The number of fused-ring (bicyclic) bond motifs is 8. The Morgan fingerprint density at radius 1 is 0.759 bits per heavy atom. The zero-order chi connectivity index (χ0) is 19.5. The molecule has 0 aliphatic carbocycles. The molecule has 0 amide bonds. The molecule has 1 aromatic heterocycles. The van der Waals surface area contributed by atoms with E-state index in [1.54, 1.807) is 0 Å². The van der Waals surface area contributed by atoms with E-state index in [4.69, 9.17) is 0 Å². The first-order valence-corrected chi connectivity index (χ1v) is 9.88. The molecule has 4 aromatic carbocycles. The van der Waals surface area contributed by atoms with E-state index in [1.807, 2.05) is 6.20 Å². The van der Waals surface area contributed by atoms with E-state index < -0.39 is 0 Å². The van der Waals surface area contributed by atoms with Crippen molar-refractivity contribution in [1.82, 2.24) is 4.57 Å². The maximum atomic E-state index is 4.59. The van der Waals surface area contributed by atoms with Gasteiger partial charge in [0.25, 0.3) is 0 Å². The molecule has 2 heteroatoms. The number of aryl methyl sites for hydroxylation is 1. The Morgan fingerprint density at radius 2 is 1.45 bits per heavy atom. The highest BCUT2D eigenvalue weighted by Crippen LogP contribution is 2.42. The van der Waals surface area contributed by atoms with Gasteiger partial charge < -0.3 is 9.88 Å². The van der Waals surface area contributed by atoms with Crippen molar-refractivity contribution >= 4 is 49.8 Å². The first-order chi connectivity index (χ1) is 14.2. The summed E-state index contributed by atoms with van der Waals surface area (Å²) in [7, 11) is 2.16. The van der Waals surface area contributed by atoms with Crippen molar-refractivity contribution < 1.29 is 0 Å². The van der Waals surface area contributed by atoms with Gasteiger partial charge in [-0.05, 0) is 28.3 Å². The van der Waals surface area contributed by atoms with Crippen LogP contribution in [0.3, 0.4) is 0 Å². The second kappa shape index (κ2) is 5.86. The first kappa shape index (κ1) is 16.2.